The van der Waals surface area contributed by atoms with Crippen molar-refractivity contribution in [2.75, 3.05) is 0 Å². The van der Waals surface area contributed by atoms with Crippen LogP contribution in [0.2, 0.25) is 0 Å². The Balaban J connectivity index is 2.29. The van der Waals surface area contributed by atoms with Gasteiger partial charge in [-0.2, -0.15) is 0 Å². The normalized spacial score (nSPS) is 13.3. The zero-order chi connectivity index (χ0) is 13.4. The Morgan fingerprint density at radius 3 is 3.00 bits per heavy atom. The van der Waals surface area contributed by atoms with Crippen LogP contribution in [-0.2, 0) is 13.6 Å². The number of hydrogen-bond acceptors (Lipinski definition) is 1. The first-order chi connectivity index (χ1) is 9.75. The van der Waals surface area contributed by atoms with Gasteiger partial charge < -0.3 is 0 Å². The molecule has 0 aliphatic carbocycles. The molecule has 1 aromatic carbocycles. The number of aromatic nitrogens is 4. The molecule has 1 aliphatic rings. The van der Waals surface area contributed by atoms with Gasteiger partial charge in [-0.1, -0.05) is 18.2 Å². The average molecular weight is 262 g/mol. The molecule has 4 heterocycles. The van der Waals surface area contributed by atoms with Crippen molar-refractivity contribution in [1.29, 1.82) is 0 Å². The van der Waals surface area contributed by atoms with Crippen molar-refractivity contribution in [1.82, 2.24) is 9.50 Å². The second kappa shape index (κ2) is 3.15. The lowest BCUT2D eigenvalue weighted by Gasteiger charge is -2.05. The number of aryl methyl sites for hydroxylation is 2. The van der Waals surface area contributed by atoms with Crippen LogP contribution in [0.1, 0.15) is 11.1 Å². The molecule has 0 spiro atoms. The number of hydrogen-bond donors (Lipinski definition) is 0. The van der Waals surface area contributed by atoms with Crippen LogP contribution in [0.25, 0.3) is 27.5 Å². The largest absolute Gasteiger partial charge is 0.432 e. The first kappa shape index (κ1) is 10.3. The Morgan fingerprint density at radius 1 is 1.20 bits per heavy atom. The lowest BCUT2D eigenvalue weighted by Crippen LogP contribution is -2.38. The number of rotatable bonds is 0. The van der Waals surface area contributed by atoms with E-state index in [1.54, 1.807) is 0 Å². The number of benzene rings is 1. The van der Waals surface area contributed by atoms with Crippen LogP contribution in [0.3, 0.4) is 0 Å². The molecule has 4 heteroatoms. The Labute approximate surface area is 115 Å². The third-order valence-electron chi connectivity index (χ3n) is 4.42. The third-order valence-corrected chi connectivity index (χ3v) is 4.42. The SMILES string of the molecule is Cc1ccnc2c1c1cccc3c1c1n2[n+](C)c[n+]1C3. The molecule has 0 amide bonds. The summed E-state index contributed by atoms with van der Waals surface area (Å²) >= 11 is 0. The molecule has 0 atom stereocenters. The first-order valence-corrected chi connectivity index (χ1v) is 6.85. The van der Waals surface area contributed by atoms with E-state index in [1.165, 1.54) is 32.9 Å². The Morgan fingerprint density at radius 2 is 2.10 bits per heavy atom. The van der Waals surface area contributed by atoms with Gasteiger partial charge in [0.2, 0.25) is 5.65 Å². The van der Waals surface area contributed by atoms with Gasteiger partial charge in [0.05, 0.1) is 5.39 Å². The van der Waals surface area contributed by atoms with Crippen molar-refractivity contribution in [3.8, 4) is 0 Å². The fourth-order valence-electron chi connectivity index (χ4n) is 3.62. The van der Waals surface area contributed by atoms with Crippen molar-refractivity contribution in [2.45, 2.75) is 13.5 Å². The van der Waals surface area contributed by atoms with Crippen LogP contribution in [0, 0.1) is 6.92 Å². The van der Waals surface area contributed by atoms with Gasteiger partial charge in [0.1, 0.15) is 0 Å². The van der Waals surface area contributed by atoms with Gasteiger partial charge in [-0.3, -0.25) is 0 Å². The molecule has 0 fully saturated rings. The highest BCUT2D eigenvalue weighted by Gasteiger charge is 2.34. The van der Waals surface area contributed by atoms with E-state index in [2.05, 4.69) is 63.3 Å². The summed E-state index contributed by atoms with van der Waals surface area (Å²) in [7, 11) is 2.08. The molecule has 96 valence electrons. The minimum absolute atomic E-state index is 0.951. The lowest BCUT2D eigenvalue weighted by molar-refractivity contribution is -0.800. The van der Waals surface area contributed by atoms with Crippen molar-refractivity contribution in [3.05, 3.63) is 47.9 Å². The first-order valence-electron chi connectivity index (χ1n) is 6.85. The molecule has 0 saturated carbocycles. The van der Waals surface area contributed by atoms with Gasteiger partial charge in [-0.15, -0.1) is 4.57 Å². The summed E-state index contributed by atoms with van der Waals surface area (Å²) in [5, 5.41) is 3.95. The minimum Gasteiger partial charge on any atom is -0.233 e. The van der Waals surface area contributed by atoms with Gasteiger partial charge in [-0.25, -0.2) is 4.98 Å². The van der Waals surface area contributed by atoms with E-state index in [-0.39, 0.29) is 0 Å². The smallest absolute Gasteiger partial charge is 0.233 e. The minimum atomic E-state index is 0.951. The number of nitrogens with zero attached hydrogens (tertiary/aromatic N) is 4. The van der Waals surface area contributed by atoms with Crippen LogP contribution >= 0.6 is 0 Å². The molecule has 5 rings (SSSR count). The molecule has 0 saturated heterocycles. The highest BCUT2D eigenvalue weighted by Crippen LogP contribution is 2.33. The molecule has 0 radical (unpaired) electrons. The van der Waals surface area contributed by atoms with Crippen molar-refractivity contribution in [2.24, 2.45) is 7.05 Å². The predicted octanol–water partition coefficient (Wildman–Crippen LogP) is 1.42. The molecule has 0 bridgehead atoms. The average Bonchev–Trinajstić information content (AvgIpc) is 2.93. The second-order valence-corrected chi connectivity index (χ2v) is 5.62. The number of pyridine rings is 2. The maximum absolute atomic E-state index is 4.65. The molecule has 1 aliphatic heterocycles. The van der Waals surface area contributed by atoms with E-state index in [9.17, 15) is 0 Å². The van der Waals surface area contributed by atoms with E-state index < -0.39 is 0 Å². The Bertz CT molecular complexity index is 1040. The predicted molar refractivity (Wildman–Crippen MR) is 75.4 cm³/mol. The van der Waals surface area contributed by atoms with Gasteiger partial charge in [-0.05, 0) is 27.8 Å². The summed E-state index contributed by atoms with van der Waals surface area (Å²) in [4.78, 5) is 4.65. The summed E-state index contributed by atoms with van der Waals surface area (Å²) in [6.07, 6.45) is 4.05. The fraction of sp³-hybridized carbons (Fsp3) is 0.188. The zero-order valence-corrected chi connectivity index (χ0v) is 11.5. The summed E-state index contributed by atoms with van der Waals surface area (Å²) in [5.74, 6) is 0. The third kappa shape index (κ3) is 0.987. The van der Waals surface area contributed by atoms with Crippen LogP contribution in [-0.4, -0.2) is 9.50 Å². The Kier molecular flexibility index (Phi) is 1.62. The summed E-state index contributed by atoms with van der Waals surface area (Å²) < 4.78 is 6.65. The van der Waals surface area contributed by atoms with Gasteiger partial charge in [0.25, 0.3) is 0 Å². The molecule has 4 aromatic rings. The van der Waals surface area contributed by atoms with E-state index in [0.29, 0.717) is 0 Å². The van der Waals surface area contributed by atoms with Crippen LogP contribution in [0.15, 0.2) is 36.8 Å². The van der Waals surface area contributed by atoms with Crippen LogP contribution in [0.5, 0.6) is 0 Å². The van der Waals surface area contributed by atoms with E-state index >= 15 is 0 Å². The summed E-state index contributed by atoms with van der Waals surface area (Å²) in [6.45, 7) is 3.11. The highest BCUT2D eigenvalue weighted by atomic mass is 15.4. The molecule has 4 nitrogen and oxygen atoms in total. The van der Waals surface area contributed by atoms with Crippen molar-refractivity contribution >= 4 is 27.5 Å². The second-order valence-electron chi connectivity index (χ2n) is 5.62. The molecule has 3 aromatic heterocycles. The summed E-state index contributed by atoms with van der Waals surface area (Å²) in [5.41, 5.74) is 4.97. The monoisotopic (exact) mass is 262 g/mol. The fourth-order valence-corrected chi connectivity index (χ4v) is 3.62. The maximum Gasteiger partial charge on any atom is 0.432 e. The number of fused-ring (bicyclic) bond motifs is 3. The van der Waals surface area contributed by atoms with Crippen molar-refractivity contribution < 1.29 is 9.25 Å². The molecular formula is C16H14N4+2. The highest BCUT2D eigenvalue weighted by molar-refractivity contribution is 6.12. The van der Waals surface area contributed by atoms with Gasteiger partial charge >= 0.3 is 12.0 Å². The van der Waals surface area contributed by atoms with E-state index in [1.807, 2.05) is 6.20 Å². The topological polar surface area (TPSA) is 25.1 Å². The molecule has 20 heavy (non-hydrogen) atoms. The summed E-state index contributed by atoms with van der Waals surface area (Å²) in [6, 6.07) is 8.70. The van der Waals surface area contributed by atoms with Crippen LogP contribution in [0.4, 0.5) is 0 Å². The lowest BCUT2D eigenvalue weighted by atomic mass is 10.0. The van der Waals surface area contributed by atoms with Gasteiger partial charge in [0.15, 0.2) is 13.6 Å². The zero-order valence-electron chi connectivity index (χ0n) is 11.5. The maximum atomic E-state index is 4.65. The van der Waals surface area contributed by atoms with E-state index in [0.717, 1.165) is 12.2 Å². The molecule has 0 N–H and O–H groups in total. The molecule has 0 unspecified atom stereocenters. The van der Waals surface area contributed by atoms with Gasteiger partial charge in [0, 0.05) is 22.5 Å². The van der Waals surface area contributed by atoms with E-state index in [4.69, 9.17) is 0 Å². The standard InChI is InChI=1S/C16H14N4/c1-10-6-7-17-15-13(10)12-5-3-4-11-8-19-9-18(2)20(15)16(19)14(11)12/h3-7,9H,8H2,1-2H3/q+2. The quantitative estimate of drug-likeness (QED) is 0.306. The Hall–Kier alpha value is -2.49. The molecular weight excluding hydrogens is 248 g/mol. The van der Waals surface area contributed by atoms with Crippen molar-refractivity contribution in [3.63, 3.8) is 0 Å². The van der Waals surface area contributed by atoms with Crippen LogP contribution < -0.4 is 9.25 Å².